The second-order valence-corrected chi connectivity index (χ2v) is 15.4. The van der Waals surface area contributed by atoms with Gasteiger partial charge in [-0.05, 0) is 52.5 Å². The number of anilines is 1. The molecule has 0 bridgehead atoms. The molecule has 5 heteroatoms. The Hall–Kier alpha value is -3.10. The van der Waals surface area contributed by atoms with Gasteiger partial charge in [0.25, 0.3) is 0 Å². The van der Waals surface area contributed by atoms with Crippen molar-refractivity contribution in [1.29, 1.82) is 0 Å². The molecule has 0 radical (unpaired) electrons. The summed E-state index contributed by atoms with van der Waals surface area (Å²) in [5.74, 6) is 4.13. The molecule has 1 amide bonds. The summed E-state index contributed by atoms with van der Waals surface area (Å²) in [6.07, 6.45) is 1.95. The number of para-hydroxylation sites is 1. The summed E-state index contributed by atoms with van der Waals surface area (Å²) in [6.45, 7) is 13.8. The molecular weight excluding hydrogens is 436 g/mol. The first-order valence-corrected chi connectivity index (χ1v) is 14.3. The zero-order valence-electron chi connectivity index (χ0n) is 21.4. The van der Waals surface area contributed by atoms with Crippen LogP contribution in [0.4, 0.5) is 5.69 Å². The van der Waals surface area contributed by atoms with Gasteiger partial charge in [0.05, 0.1) is 24.7 Å². The van der Waals surface area contributed by atoms with Crippen LogP contribution in [0.5, 0.6) is 5.75 Å². The highest BCUT2D eigenvalue weighted by Crippen LogP contribution is 2.40. The van der Waals surface area contributed by atoms with Crippen molar-refractivity contribution in [3.05, 3.63) is 65.9 Å². The minimum atomic E-state index is -1.89. The van der Waals surface area contributed by atoms with Crippen molar-refractivity contribution in [3.8, 4) is 17.2 Å². The number of rotatable bonds is 7. The van der Waals surface area contributed by atoms with Gasteiger partial charge in [0, 0.05) is 17.1 Å². The number of nitrogens with zero attached hydrogens (tertiary/aromatic N) is 1. The van der Waals surface area contributed by atoms with Gasteiger partial charge in [0.15, 0.2) is 0 Å². The highest BCUT2D eigenvalue weighted by molar-refractivity contribution is 6.90. The largest absolute Gasteiger partial charge is 0.497 e. The van der Waals surface area contributed by atoms with Gasteiger partial charge in [0.2, 0.25) is 5.91 Å². The lowest BCUT2D eigenvalue weighted by Gasteiger charge is -2.38. The third-order valence-corrected chi connectivity index (χ3v) is 13.1. The molecule has 1 N–H and O–H groups in total. The molecule has 3 aromatic rings. The molecule has 4 nitrogen and oxygen atoms in total. The normalized spacial score (nSPS) is 11.6. The molecule has 0 aliphatic heterocycles. The fraction of sp³-hybridized carbons (Fsp3) is 0.379. The van der Waals surface area contributed by atoms with Crippen LogP contribution in [0.15, 0.2) is 54.7 Å². The van der Waals surface area contributed by atoms with E-state index in [2.05, 4.69) is 63.3 Å². The Kier molecular flexibility index (Phi) is 8.17. The van der Waals surface area contributed by atoms with Crippen LogP contribution in [0.3, 0.4) is 0 Å². The minimum absolute atomic E-state index is 0.102. The number of pyridine rings is 1. The SMILES string of the molecule is COc1ccc(C#C[Si](C(C)C)(C(C)C)C(C)C)c(CC(=O)Nc2cccc3cccnc23)c1. The third kappa shape index (κ3) is 5.34. The van der Waals surface area contributed by atoms with Gasteiger partial charge in [-0.3, -0.25) is 9.78 Å². The second kappa shape index (κ2) is 10.9. The lowest BCUT2D eigenvalue weighted by atomic mass is 10.0. The average molecular weight is 473 g/mol. The number of fused-ring (bicyclic) bond motifs is 1. The molecule has 178 valence electrons. The van der Waals surface area contributed by atoms with E-state index in [1.165, 1.54) is 0 Å². The van der Waals surface area contributed by atoms with Gasteiger partial charge in [-0.15, -0.1) is 5.54 Å². The van der Waals surface area contributed by atoms with Gasteiger partial charge in [-0.1, -0.05) is 65.7 Å². The monoisotopic (exact) mass is 472 g/mol. The van der Waals surface area contributed by atoms with E-state index in [1.54, 1.807) is 13.3 Å². The van der Waals surface area contributed by atoms with E-state index in [1.807, 2.05) is 48.5 Å². The summed E-state index contributed by atoms with van der Waals surface area (Å²) >= 11 is 0. The van der Waals surface area contributed by atoms with E-state index < -0.39 is 8.07 Å². The molecule has 0 aliphatic carbocycles. The lowest BCUT2D eigenvalue weighted by molar-refractivity contribution is -0.115. The number of benzene rings is 2. The fourth-order valence-electron chi connectivity index (χ4n) is 5.15. The van der Waals surface area contributed by atoms with Crippen LogP contribution in [0.1, 0.15) is 52.7 Å². The fourth-order valence-corrected chi connectivity index (χ4v) is 10.4. The predicted octanol–water partition coefficient (Wildman–Crippen LogP) is 6.99. The number of aromatic nitrogens is 1. The first kappa shape index (κ1) is 25.5. The number of carbonyl (C=O) groups is 1. The van der Waals surface area contributed by atoms with Crippen molar-refractivity contribution in [1.82, 2.24) is 4.98 Å². The molecule has 2 aromatic carbocycles. The predicted molar refractivity (Wildman–Crippen MR) is 145 cm³/mol. The van der Waals surface area contributed by atoms with E-state index in [0.717, 1.165) is 27.8 Å². The first-order chi connectivity index (χ1) is 16.2. The van der Waals surface area contributed by atoms with Crippen molar-refractivity contribution in [3.63, 3.8) is 0 Å². The molecule has 0 atom stereocenters. The zero-order chi connectivity index (χ0) is 24.9. The van der Waals surface area contributed by atoms with Gasteiger partial charge < -0.3 is 10.1 Å². The molecule has 0 fully saturated rings. The lowest BCUT2D eigenvalue weighted by Crippen LogP contribution is -2.43. The number of carbonyl (C=O) groups excluding carboxylic acids is 1. The second-order valence-electron chi connectivity index (χ2n) is 9.78. The molecule has 0 spiro atoms. The molecule has 0 saturated carbocycles. The Balaban J connectivity index is 1.95. The molecule has 1 heterocycles. The number of amides is 1. The van der Waals surface area contributed by atoms with Crippen LogP contribution < -0.4 is 10.1 Å². The summed E-state index contributed by atoms with van der Waals surface area (Å²) in [5, 5.41) is 4.03. The van der Waals surface area contributed by atoms with Crippen LogP contribution in [0.2, 0.25) is 16.6 Å². The Morgan fingerprint density at radius 2 is 1.68 bits per heavy atom. The minimum Gasteiger partial charge on any atom is -0.497 e. The van der Waals surface area contributed by atoms with Crippen LogP contribution in [-0.2, 0) is 11.2 Å². The van der Waals surface area contributed by atoms with Crippen LogP contribution in [0, 0.1) is 11.5 Å². The third-order valence-electron chi connectivity index (χ3n) is 6.85. The van der Waals surface area contributed by atoms with Gasteiger partial charge in [-0.2, -0.15) is 0 Å². The summed E-state index contributed by atoms with van der Waals surface area (Å²) in [4.78, 5) is 17.5. The molecule has 0 unspecified atom stereocenters. The Morgan fingerprint density at radius 1 is 1.00 bits per heavy atom. The van der Waals surface area contributed by atoms with Crippen molar-refractivity contribution in [2.75, 3.05) is 12.4 Å². The van der Waals surface area contributed by atoms with E-state index >= 15 is 0 Å². The Bertz CT molecular complexity index is 1190. The van der Waals surface area contributed by atoms with Crippen LogP contribution in [0.25, 0.3) is 10.9 Å². The molecule has 1 aromatic heterocycles. The van der Waals surface area contributed by atoms with Gasteiger partial charge >= 0.3 is 0 Å². The standard InChI is InChI=1S/C29H36N2O2Si/c1-20(2)34(21(3)4,22(5)6)17-15-23-13-14-26(33-7)18-25(23)19-28(32)31-27-12-8-10-24-11-9-16-30-29(24)27/h8-14,16,18,20-22H,19H2,1-7H3,(H,31,32). The van der Waals surface area contributed by atoms with E-state index in [4.69, 9.17) is 4.74 Å². The summed E-state index contributed by atoms with van der Waals surface area (Å²) in [7, 11) is -0.248. The summed E-state index contributed by atoms with van der Waals surface area (Å²) in [5.41, 5.74) is 8.68. The van der Waals surface area contributed by atoms with Gasteiger partial charge in [0.1, 0.15) is 13.8 Å². The van der Waals surface area contributed by atoms with E-state index in [-0.39, 0.29) is 12.3 Å². The summed E-state index contributed by atoms with van der Waals surface area (Å²) < 4.78 is 5.45. The Morgan fingerprint density at radius 3 is 2.32 bits per heavy atom. The van der Waals surface area contributed by atoms with Crippen molar-refractivity contribution in [2.24, 2.45) is 0 Å². The number of hydrogen-bond acceptors (Lipinski definition) is 3. The van der Waals surface area contributed by atoms with Crippen molar-refractivity contribution in [2.45, 2.75) is 64.6 Å². The maximum atomic E-state index is 13.1. The molecule has 3 rings (SSSR count). The zero-order valence-corrected chi connectivity index (χ0v) is 22.4. The summed E-state index contributed by atoms with van der Waals surface area (Å²) in [6, 6.07) is 15.5. The molecule has 0 aliphatic rings. The molecule has 0 saturated heterocycles. The maximum absolute atomic E-state index is 13.1. The van der Waals surface area contributed by atoms with E-state index in [9.17, 15) is 4.79 Å². The maximum Gasteiger partial charge on any atom is 0.228 e. The average Bonchev–Trinajstić information content (AvgIpc) is 2.79. The smallest absolute Gasteiger partial charge is 0.228 e. The number of methoxy groups -OCH3 is 1. The van der Waals surface area contributed by atoms with Gasteiger partial charge in [-0.25, -0.2) is 0 Å². The Labute approximate surface area is 205 Å². The van der Waals surface area contributed by atoms with E-state index in [0.29, 0.717) is 22.3 Å². The molecular formula is C29H36N2O2Si. The molecule has 34 heavy (non-hydrogen) atoms. The van der Waals surface area contributed by atoms with Crippen LogP contribution >= 0.6 is 0 Å². The first-order valence-electron chi connectivity index (χ1n) is 12.0. The number of nitrogens with one attached hydrogen (secondary N) is 1. The topological polar surface area (TPSA) is 51.2 Å². The quantitative estimate of drug-likeness (QED) is 0.298. The van der Waals surface area contributed by atoms with Crippen molar-refractivity contribution < 1.29 is 9.53 Å². The number of ether oxygens (including phenoxy) is 1. The van der Waals surface area contributed by atoms with Crippen LogP contribution in [-0.4, -0.2) is 26.1 Å². The highest BCUT2D eigenvalue weighted by atomic mass is 28.3. The highest BCUT2D eigenvalue weighted by Gasteiger charge is 2.41. The number of hydrogen-bond donors (Lipinski definition) is 1. The van der Waals surface area contributed by atoms with Crippen molar-refractivity contribution >= 4 is 30.6 Å².